The van der Waals surface area contributed by atoms with Gasteiger partial charge in [0.05, 0.1) is 5.69 Å². The Balaban J connectivity index is 2.28. The number of carbonyl (C=O) groups is 1. The zero-order chi connectivity index (χ0) is 14.0. The predicted octanol–water partition coefficient (Wildman–Crippen LogP) is 4.48. The van der Waals surface area contributed by atoms with E-state index in [1.165, 1.54) is 0 Å². The number of phenols is 1. The van der Waals surface area contributed by atoms with Gasteiger partial charge in [0.1, 0.15) is 5.75 Å². The van der Waals surface area contributed by atoms with Crippen molar-refractivity contribution in [3.8, 4) is 5.75 Å². The third-order valence-electron chi connectivity index (χ3n) is 2.73. The van der Waals surface area contributed by atoms with E-state index in [1.807, 2.05) is 12.1 Å². The molecule has 2 rings (SSSR count). The highest BCUT2D eigenvalue weighted by molar-refractivity contribution is 9.11. The van der Waals surface area contributed by atoms with Crippen LogP contribution in [0.1, 0.15) is 15.9 Å². The molecule has 0 saturated carbocycles. The Labute approximate surface area is 127 Å². The summed E-state index contributed by atoms with van der Waals surface area (Å²) in [6.45, 7) is 1.71. The quantitative estimate of drug-likeness (QED) is 0.801. The molecule has 0 aromatic heterocycles. The van der Waals surface area contributed by atoms with Gasteiger partial charge >= 0.3 is 0 Å². The van der Waals surface area contributed by atoms with Crippen LogP contribution in [-0.2, 0) is 0 Å². The second kappa shape index (κ2) is 5.75. The number of carbonyl (C=O) groups excluding carboxylic acids is 1. The molecule has 19 heavy (non-hydrogen) atoms. The smallest absolute Gasteiger partial charge is 0.256 e. The summed E-state index contributed by atoms with van der Waals surface area (Å²) < 4.78 is 1.71. The van der Waals surface area contributed by atoms with E-state index in [2.05, 4.69) is 37.2 Å². The highest BCUT2D eigenvalue weighted by atomic mass is 79.9. The van der Waals surface area contributed by atoms with Crippen LogP contribution in [0.15, 0.2) is 45.3 Å². The molecule has 1 amide bonds. The van der Waals surface area contributed by atoms with Crippen LogP contribution >= 0.6 is 31.9 Å². The molecule has 2 aromatic carbocycles. The van der Waals surface area contributed by atoms with E-state index in [-0.39, 0.29) is 11.7 Å². The van der Waals surface area contributed by atoms with Gasteiger partial charge in [-0.05, 0) is 53.2 Å². The van der Waals surface area contributed by atoms with Crippen molar-refractivity contribution in [3.63, 3.8) is 0 Å². The first-order chi connectivity index (χ1) is 8.99. The van der Waals surface area contributed by atoms with Gasteiger partial charge in [-0.1, -0.05) is 22.0 Å². The Morgan fingerprint density at radius 3 is 2.63 bits per heavy atom. The third kappa shape index (κ3) is 3.16. The molecule has 0 aliphatic carbocycles. The summed E-state index contributed by atoms with van der Waals surface area (Å²) in [4.78, 5) is 12.2. The maximum Gasteiger partial charge on any atom is 0.256 e. The molecule has 0 saturated heterocycles. The van der Waals surface area contributed by atoms with Gasteiger partial charge in [0.25, 0.3) is 5.91 Å². The van der Waals surface area contributed by atoms with E-state index in [1.54, 1.807) is 31.2 Å². The van der Waals surface area contributed by atoms with E-state index >= 15 is 0 Å². The Hall–Kier alpha value is -1.33. The Bertz CT molecular complexity index is 641. The summed E-state index contributed by atoms with van der Waals surface area (Å²) in [7, 11) is 0. The Morgan fingerprint density at radius 2 is 1.95 bits per heavy atom. The predicted molar refractivity (Wildman–Crippen MR) is 82.6 cm³/mol. The monoisotopic (exact) mass is 383 g/mol. The van der Waals surface area contributed by atoms with Crippen LogP contribution < -0.4 is 5.32 Å². The lowest BCUT2D eigenvalue weighted by atomic mass is 10.1. The first kappa shape index (κ1) is 14.1. The lowest BCUT2D eigenvalue weighted by Crippen LogP contribution is -2.13. The number of nitrogens with one attached hydrogen (secondary N) is 1. The van der Waals surface area contributed by atoms with Crippen LogP contribution in [0.3, 0.4) is 0 Å². The molecule has 0 heterocycles. The summed E-state index contributed by atoms with van der Waals surface area (Å²) in [5.41, 5.74) is 1.69. The molecular formula is C14H11Br2NO2. The lowest BCUT2D eigenvalue weighted by Gasteiger charge is -2.10. The fourth-order valence-corrected chi connectivity index (χ4v) is 2.80. The second-order valence-corrected chi connectivity index (χ2v) is 5.80. The number of amides is 1. The highest BCUT2D eigenvalue weighted by Gasteiger charge is 2.12. The number of rotatable bonds is 2. The molecule has 0 spiro atoms. The maximum absolute atomic E-state index is 12.2. The van der Waals surface area contributed by atoms with Gasteiger partial charge < -0.3 is 10.4 Å². The molecule has 0 atom stereocenters. The molecule has 0 fully saturated rings. The van der Waals surface area contributed by atoms with Gasteiger partial charge in [0.15, 0.2) is 0 Å². The Kier molecular flexibility index (Phi) is 4.27. The van der Waals surface area contributed by atoms with Crippen molar-refractivity contribution in [3.05, 3.63) is 56.5 Å². The standard InChI is InChI=1S/C14H11Br2NO2/c1-8-10(3-2-4-13(8)18)14(19)17-12-6-5-9(15)7-11(12)16/h2-7,18H,1H3,(H,17,19). The number of phenolic OH excluding ortho intramolecular Hbond substituents is 1. The molecule has 0 aliphatic rings. The fraction of sp³-hybridized carbons (Fsp3) is 0.0714. The Morgan fingerprint density at radius 1 is 1.21 bits per heavy atom. The average Bonchev–Trinajstić information content (AvgIpc) is 2.36. The zero-order valence-electron chi connectivity index (χ0n) is 10.1. The van der Waals surface area contributed by atoms with Crippen LogP contribution in [0.4, 0.5) is 5.69 Å². The fourth-order valence-electron chi connectivity index (χ4n) is 1.65. The summed E-state index contributed by atoms with van der Waals surface area (Å²) >= 11 is 6.74. The molecular weight excluding hydrogens is 374 g/mol. The lowest BCUT2D eigenvalue weighted by molar-refractivity contribution is 0.102. The van der Waals surface area contributed by atoms with Crippen molar-refractivity contribution in [2.45, 2.75) is 6.92 Å². The number of hydrogen-bond acceptors (Lipinski definition) is 2. The first-order valence-electron chi connectivity index (χ1n) is 5.54. The van der Waals surface area contributed by atoms with Crippen molar-refractivity contribution < 1.29 is 9.90 Å². The number of halogens is 2. The van der Waals surface area contributed by atoms with E-state index in [0.29, 0.717) is 16.8 Å². The minimum Gasteiger partial charge on any atom is -0.508 e. The average molecular weight is 385 g/mol. The molecule has 5 heteroatoms. The molecule has 0 bridgehead atoms. The first-order valence-corrected chi connectivity index (χ1v) is 7.12. The van der Waals surface area contributed by atoms with E-state index < -0.39 is 0 Å². The maximum atomic E-state index is 12.2. The number of aromatic hydroxyl groups is 1. The van der Waals surface area contributed by atoms with Crippen molar-refractivity contribution in [1.82, 2.24) is 0 Å². The van der Waals surface area contributed by atoms with E-state index in [0.717, 1.165) is 8.95 Å². The molecule has 0 radical (unpaired) electrons. The van der Waals surface area contributed by atoms with Crippen LogP contribution in [0.5, 0.6) is 5.75 Å². The molecule has 3 nitrogen and oxygen atoms in total. The molecule has 98 valence electrons. The number of hydrogen-bond donors (Lipinski definition) is 2. The van der Waals surface area contributed by atoms with Crippen molar-refractivity contribution >= 4 is 43.5 Å². The van der Waals surface area contributed by atoms with Crippen LogP contribution in [-0.4, -0.2) is 11.0 Å². The molecule has 2 aromatic rings. The van der Waals surface area contributed by atoms with Crippen LogP contribution in [0.25, 0.3) is 0 Å². The highest BCUT2D eigenvalue weighted by Crippen LogP contribution is 2.27. The summed E-state index contributed by atoms with van der Waals surface area (Å²) in [5.74, 6) is -0.140. The van der Waals surface area contributed by atoms with Crippen LogP contribution in [0, 0.1) is 6.92 Å². The summed E-state index contributed by atoms with van der Waals surface area (Å²) in [6, 6.07) is 10.4. The minimum atomic E-state index is -0.253. The normalized spacial score (nSPS) is 10.3. The molecule has 2 N–H and O–H groups in total. The van der Waals surface area contributed by atoms with Gasteiger partial charge in [-0.15, -0.1) is 0 Å². The molecule has 0 unspecified atom stereocenters. The second-order valence-electron chi connectivity index (χ2n) is 4.03. The van der Waals surface area contributed by atoms with E-state index in [9.17, 15) is 9.90 Å². The number of anilines is 1. The van der Waals surface area contributed by atoms with Crippen molar-refractivity contribution in [1.29, 1.82) is 0 Å². The van der Waals surface area contributed by atoms with Gasteiger partial charge in [-0.2, -0.15) is 0 Å². The van der Waals surface area contributed by atoms with Gasteiger partial charge in [0.2, 0.25) is 0 Å². The zero-order valence-corrected chi connectivity index (χ0v) is 13.2. The number of benzene rings is 2. The van der Waals surface area contributed by atoms with Crippen LogP contribution in [0.2, 0.25) is 0 Å². The summed E-state index contributed by atoms with van der Waals surface area (Å²) in [5, 5.41) is 12.4. The third-order valence-corrected chi connectivity index (χ3v) is 3.88. The topological polar surface area (TPSA) is 49.3 Å². The van der Waals surface area contributed by atoms with Crippen molar-refractivity contribution in [2.24, 2.45) is 0 Å². The van der Waals surface area contributed by atoms with Gasteiger partial charge in [-0.3, -0.25) is 4.79 Å². The van der Waals surface area contributed by atoms with Gasteiger partial charge in [-0.25, -0.2) is 0 Å². The largest absolute Gasteiger partial charge is 0.508 e. The van der Waals surface area contributed by atoms with Gasteiger partial charge in [0, 0.05) is 20.1 Å². The molecule has 0 aliphatic heterocycles. The van der Waals surface area contributed by atoms with Crippen molar-refractivity contribution in [2.75, 3.05) is 5.32 Å². The minimum absolute atomic E-state index is 0.113. The SMILES string of the molecule is Cc1c(O)cccc1C(=O)Nc1ccc(Br)cc1Br. The van der Waals surface area contributed by atoms with E-state index in [4.69, 9.17) is 0 Å². The summed E-state index contributed by atoms with van der Waals surface area (Å²) in [6.07, 6.45) is 0.